The van der Waals surface area contributed by atoms with Crippen LogP contribution in [0.4, 0.5) is 0 Å². The van der Waals surface area contributed by atoms with Crippen LogP contribution in [0, 0.1) is 6.92 Å². The molecule has 2 nitrogen and oxygen atoms in total. The Morgan fingerprint density at radius 3 is 2.81 bits per heavy atom. The van der Waals surface area contributed by atoms with E-state index in [4.69, 9.17) is 5.84 Å². The first-order valence-corrected chi connectivity index (χ1v) is 6.41. The van der Waals surface area contributed by atoms with Gasteiger partial charge in [-0.2, -0.15) is 0 Å². The molecule has 0 spiro atoms. The highest BCUT2D eigenvalue weighted by Gasteiger charge is 2.03. The Morgan fingerprint density at radius 1 is 1.50 bits per heavy atom. The second-order valence-corrected chi connectivity index (χ2v) is 5.24. The molecule has 3 heteroatoms. The maximum absolute atomic E-state index is 5.51. The Morgan fingerprint density at radius 2 is 2.25 bits per heavy atom. The highest BCUT2D eigenvalue weighted by atomic mass is 32.2. The molecule has 1 unspecified atom stereocenters. The van der Waals surface area contributed by atoms with Crippen LogP contribution in [0.3, 0.4) is 0 Å². The smallest absolute Gasteiger partial charge is 0.0486 e. The average molecular weight is 236 g/mol. The molecule has 0 saturated carbocycles. The zero-order valence-electron chi connectivity index (χ0n) is 10.2. The minimum absolute atomic E-state index is 0.232. The molecule has 1 rings (SSSR count). The van der Waals surface area contributed by atoms with Gasteiger partial charge in [0.2, 0.25) is 0 Å². The molecule has 0 aliphatic heterocycles. The molecule has 0 amide bonds. The summed E-state index contributed by atoms with van der Waals surface area (Å²) in [7, 11) is 0. The molecule has 0 bridgehead atoms. The second-order valence-electron chi connectivity index (χ2n) is 4.14. The van der Waals surface area contributed by atoms with Crippen LogP contribution in [0.25, 0.3) is 0 Å². The van der Waals surface area contributed by atoms with E-state index in [2.05, 4.69) is 56.5 Å². The number of hydrogen-bond acceptors (Lipinski definition) is 3. The third-order valence-corrected chi connectivity index (χ3v) is 3.28. The van der Waals surface area contributed by atoms with E-state index in [1.54, 1.807) is 0 Å². The standard InChI is InChI=1S/C13H20N2S/c1-10(2)7-12(15-14)9-16-13-6-4-5-11(3)8-13/h4-8,12,15H,9,14H2,1-3H3. The molecule has 0 saturated heterocycles. The molecule has 0 heterocycles. The van der Waals surface area contributed by atoms with E-state index in [9.17, 15) is 0 Å². The zero-order valence-corrected chi connectivity index (χ0v) is 11.0. The summed E-state index contributed by atoms with van der Waals surface area (Å²) in [5, 5.41) is 0. The van der Waals surface area contributed by atoms with Gasteiger partial charge in [-0.15, -0.1) is 11.8 Å². The predicted octanol–water partition coefficient (Wildman–Crippen LogP) is 2.89. The van der Waals surface area contributed by atoms with Crippen molar-refractivity contribution < 1.29 is 0 Å². The summed E-state index contributed by atoms with van der Waals surface area (Å²) in [6.45, 7) is 6.28. The quantitative estimate of drug-likeness (QED) is 0.357. The van der Waals surface area contributed by atoms with E-state index < -0.39 is 0 Å². The van der Waals surface area contributed by atoms with Gasteiger partial charge in [-0.1, -0.05) is 29.3 Å². The van der Waals surface area contributed by atoms with Gasteiger partial charge < -0.3 is 0 Å². The van der Waals surface area contributed by atoms with Gasteiger partial charge in [-0.25, -0.2) is 0 Å². The first-order chi connectivity index (χ1) is 7.61. The fraction of sp³-hybridized carbons (Fsp3) is 0.385. The number of thioether (sulfide) groups is 1. The molecular weight excluding hydrogens is 216 g/mol. The number of aryl methyl sites for hydroxylation is 1. The summed E-state index contributed by atoms with van der Waals surface area (Å²) in [4.78, 5) is 1.29. The van der Waals surface area contributed by atoms with Gasteiger partial charge in [0, 0.05) is 16.7 Å². The molecule has 3 N–H and O–H groups in total. The van der Waals surface area contributed by atoms with Gasteiger partial charge in [-0.05, 0) is 32.9 Å². The van der Waals surface area contributed by atoms with Crippen LogP contribution < -0.4 is 11.3 Å². The monoisotopic (exact) mass is 236 g/mol. The van der Waals surface area contributed by atoms with Gasteiger partial charge in [0.25, 0.3) is 0 Å². The van der Waals surface area contributed by atoms with Crippen LogP contribution >= 0.6 is 11.8 Å². The Hall–Kier alpha value is -0.770. The van der Waals surface area contributed by atoms with E-state index >= 15 is 0 Å². The van der Waals surface area contributed by atoms with Crippen LogP contribution in [0.15, 0.2) is 40.8 Å². The summed E-state index contributed by atoms with van der Waals surface area (Å²) in [6.07, 6.45) is 2.16. The number of benzene rings is 1. The van der Waals surface area contributed by atoms with E-state index in [1.807, 2.05) is 11.8 Å². The maximum Gasteiger partial charge on any atom is 0.0486 e. The Bertz CT molecular complexity index is 357. The van der Waals surface area contributed by atoms with Crippen molar-refractivity contribution in [2.24, 2.45) is 5.84 Å². The summed E-state index contributed by atoms with van der Waals surface area (Å²) in [5.74, 6) is 6.46. The predicted molar refractivity (Wildman–Crippen MR) is 72.4 cm³/mol. The molecule has 0 aromatic heterocycles. The lowest BCUT2D eigenvalue weighted by atomic mass is 10.2. The number of nitrogens with one attached hydrogen (secondary N) is 1. The Balaban J connectivity index is 2.53. The van der Waals surface area contributed by atoms with Crippen molar-refractivity contribution in [3.63, 3.8) is 0 Å². The zero-order chi connectivity index (χ0) is 12.0. The van der Waals surface area contributed by atoms with E-state index in [-0.39, 0.29) is 6.04 Å². The minimum Gasteiger partial charge on any atom is -0.271 e. The molecular formula is C13H20N2S. The Labute approximate surface area is 102 Å². The fourth-order valence-electron chi connectivity index (χ4n) is 1.44. The van der Waals surface area contributed by atoms with E-state index in [0.29, 0.717) is 0 Å². The lowest BCUT2D eigenvalue weighted by Crippen LogP contribution is -2.35. The van der Waals surface area contributed by atoms with Crippen molar-refractivity contribution in [3.8, 4) is 0 Å². The van der Waals surface area contributed by atoms with Crippen LogP contribution in [0.5, 0.6) is 0 Å². The van der Waals surface area contributed by atoms with Crippen molar-refractivity contribution in [1.29, 1.82) is 0 Å². The minimum atomic E-state index is 0.232. The number of hydrogen-bond donors (Lipinski definition) is 2. The largest absolute Gasteiger partial charge is 0.271 e. The Kier molecular flexibility index (Phi) is 5.60. The summed E-state index contributed by atoms with van der Waals surface area (Å²) < 4.78 is 0. The SMILES string of the molecule is CC(C)=CC(CSc1cccc(C)c1)NN. The topological polar surface area (TPSA) is 38.0 Å². The van der Waals surface area contributed by atoms with Crippen LogP contribution in [-0.4, -0.2) is 11.8 Å². The van der Waals surface area contributed by atoms with Crippen molar-refractivity contribution >= 4 is 11.8 Å². The summed E-state index contributed by atoms with van der Waals surface area (Å²) in [6, 6.07) is 8.76. The van der Waals surface area contributed by atoms with Gasteiger partial charge >= 0.3 is 0 Å². The van der Waals surface area contributed by atoms with Crippen LogP contribution in [0.1, 0.15) is 19.4 Å². The third kappa shape index (κ3) is 4.84. The second kappa shape index (κ2) is 6.74. The molecule has 1 aromatic rings. The lowest BCUT2D eigenvalue weighted by molar-refractivity contribution is 0.673. The van der Waals surface area contributed by atoms with Gasteiger partial charge in [-0.3, -0.25) is 11.3 Å². The van der Waals surface area contributed by atoms with Crippen molar-refractivity contribution in [2.45, 2.75) is 31.7 Å². The molecule has 0 aliphatic carbocycles. The highest BCUT2D eigenvalue weighted by molar-refractivity contribution is 7.99. The molecule has 88 valence electrons. The molecule has 0 aliphatic rings. The molecule has 1 atom stereocenters. The van der Waals surface area contributed by atoms with Crippen molar-refractivity contribution in [3.05, 3.63) is 41.5 Å². The lowest BCUT2D eigenvalue weighted by Gasteiger charge is -2.12. The number of allylic oxidation sites excluding steroid dienone is 1. The fourth-order valence-corrected chi connectivity index (χ4v) is 2.45. The number of nitrogens with two attached hydrogens (primary N) is 1. The highest BCUT2D eigenvalue weighted by Crippen LogP contribution is 2.20. The first kappa shape index (κ1) is 13.3. The van der Waals surface area contributed by atoms with Gasteiger partial charge in [0.05, 0.1) is 0 Å². The maximum atomic E-state index is 5.51. The van der Waals surface area contributed by atoms with Gasteiger partial charge in [0.1, 0.15) is 0 Å². The average Bonchev–Trinajstić information content (AvgIpc) is 2.24. The van der Waals surface area contributed by atoms with Crippen LogP contribution in [0.2, 0.25) is 0 Å². The van der Waals surface area contributed by atoms with Crippen LogP contribution in [-0.2, 0) is 0 Å². The third-order valence-electron chi connectivity index (χ3n) is 2.17. The molecule has 16 heavy (non-hydrogen) atoms. The van der Waals surface area contributed by atoms with Crippen molar-refractivity contribution in [1.82, 2.24) is 5.43 Å². The van der Waals surface area contributed by atoms with Crippen molar-refractivity contribution in [2.75, 3.05) is 5.75 Å². The molecule has 0 radical (unpaired) electrons. The normalized spacial score (nSPS) is 12.2. The van der Waals surface area contributed by atoms with Gasteiger partial charge in [0.15, 0.2) is 0 Å². The molecule has 0 fully saturated rings. The summed E-state index contributed by atoms with van der Waals surface area (Å²) in [5.41, 5.74) is 5.40. The van der Waals surface area contributed by atoms with E-state index in [0.717, 1.165) is 5.75 Å². The number of rotatable bonds is 5. The molecule has 1 aromatic carbocycles. The first-order valence-electron chi connectivity index (χ1n) is 5.42. The summed E-state index contributed by atoms with van der Waals surface area (Å²) >= 11 is 1.82. The number of hydrazine groups is 1. The van der Waals surface area contributed by atoms with E-state index in [1.165, 1.54) is 16.0 Å².